The molecule has 0 aliphatic heterocycles. The molecule has 0 bridgehead atoms. The van der Waals surface area contributed by atoms with Crippen molar-refractivity contribution in [2.24, 2.45) is 0 Å². The van der Waals surface area contributed by atoms with Crippen LogP contribution in [-0.4, -0.2) is 37.2 Å². The van der Waals surface area contributed by atoms with Crippen LogP contribution < -0.4 is 11.1 Å². The van der Waals surface area contributed by atoms with Crippen molar-refractivity contribution in [3.63, 3.8) is 0 Å². The molecule has 1 aromatic carbocycles. The van der Waals surface area contributed by atoms with Crippen LogP contribution in [0.1, 0.15) is 26.8 Å². The summed E-state index contributed by atoms with van der Waals surface area (Å²) >= 11 is 13.6. The molecule has 0 fully saturated rings. The number of carboxylic acids is 1. The Balaban J connectivity index is 1.61. The molecule has 4 N–H and O–H groups in total. The largest absolute Gasteiger partial charge is 0.476 e. The summed E-state index contributed by atoms with van der Waals surface area (Å²) in [5.41, 5.74) is 7.26. The van der Waals surface area contributed by atoms with Crippen LogP contribution in [0.5, 0.6) is 0 Å². The van der Waals surface area contributed by atoms with Crippen LogP contribution in [0.25, 0.3) is 16.8 Å². The van der Waals surface area contributed by atoms with E-state index in [1.165, 1.54) is 21.9 Å². The molecule has 0 amide bonds. The number of carboxylic acid groups (broad SMARTS) is 1. The zero-order chi connectivity index (χ0) is 22.8. The number of nitrogen functional groups attached to an aromatic ring is 1. The molecule has 4 aromatic rings. The van der Waals surface area contributed by atoms with Gasteiger partial charge in [-0.2, -0.15) is 10.4 Å². The maximum atomic E-state index is 11.4. The van der Waals surface area contributed by atoms with Gasteiger partial charge in [0.25, 0.3) is 0 Å². The summed E-state index contributed by atoms with van der Waals surface area (Å²) in [6.07, 6.45) is 2.93. The van der Waals surface area contributed by atoms with Crippen LogP contribution in [-0.2, 0) is 6.42 Å². The van der Waals surface area contributed by atoms with Crippen molar-refractivity contribution in [2.45, 2.75) is 12.8 Å². The molecular weight excluding hydrogens is 473 g/mol. The smallest absolute Gasteiger partial charge is 0.356 e. The van der Waals surface area contributed by atoms with E-state index in [1.54, 1.807) is 24.4 Å². The number of aromatic nitrogens is 4. The van der Waals surface area contributed by atoms with E-state index in [2.05, 4.69) is 20.4 Å². The van der Waals surface area contributed by atoms with Crippen molar-refractivity contribution < 1.29 is 9.90 Å². The summed E-state index contributed by atoms with van der Waals surface area (Å²) in [6, 6.07) is 8.52. The molecule has 3 aromatic heterocycles. The second-order valence-corrected chi connectivity index (χ2v) is 8.65. The van der Waals surface area contributed by atoms with Crippen molar-refractivity contribution >= 4 is 57.7 Å². The number of anilines is 2. The molecule has 9 nitrogen and oxygen atoms in total. The first-order chi connectivity index (χ1) is 15.4. The number of nitriles is 1. The van der Waals surface area contributed by atoms with E-state index in [1.807, 2.05) is 6.07 Å². The fourth-order valence-corrected chi connectivity index (χ4v) is 4.39. The number of nitrogens with two attached hydrogens (primary N) is 1. The van der Waals surface area contributed by atoms with Crippen molar-refractivity contribution in [1.29, 1.82) is 5.26 Å². The van der Waals surface area contributed by atoms with Crippen molar-refractivity contribution in [1.82, 2.24) is 19.6 Å². The molecule has 3 heterocycles. The lowest BCUT2D eigenvalue weighted by Crippen LogP contribution is -2.07. The average molecular weight is 488 g/mol. The number of hydrogen-bond donors (Lipinski definition) is 3. The summed E-state index contributed by atoms with van der Waals surface area (Å²) in [5.74, 6) is -0.429. The lowest BCUT2D eigenvalue weighted by Gasteiger charge is -2.11. The van der Waals surface area contributed by atoms with E-state index >= 15 is 0 Å². The number of benzene rings is 1. The quantitative estimate of drug-likeness (QED) is 0.326. The zero-order valence-electron chi connectivity index (χ0n) is 16.3. The number of halogens is 2. The van der Waals surface area contributed by atoms with Crippen molar-refractivity contribution in [3.05, 3.63) is 56.1 Å². The standard InChI is InChI=1S/C20H15Cl2N7O2S/c21-10-3-4-11(12(22)6-10)14-9-29-15(7-13(28-29)20(30)31)19(26-14)25-5-1-2-17-27-18(24)16(8-23)32-17/h3-4,6-7,9H,1-2,5,24H2,(H,25,26)(H,30,31). The molecule has 162 valence electrons. The van der Waals surface area contributed by atoms with Gasteiger partial charge in [-0.25, -0.2) is 19.3 Å². The Labute approximate surface area is 196 Å². The monoisotopic (exact) mass is 487 g/mol. The highest BCUT2D eigenvalue weighted by Crippen LogP contribution is 2.31. The number of nitrogens with one attached hydrogen (secondary N) is 1. The molecule has 0 saturated carbocycles. The van der Waals surface area contributed by atoms with E-state index in [4.69, 9.17) is 34.2 Å². The number of aromatic carboxylic acids is 1. The van der Waals surface area contributed by atoms with Crippen LogP contribution in [0, 0.1) is 11.3 Å². The molecule has 0 aliphatic rings. The maximum absolute atomic E-state index is 11.4. The van der Waals surface area contributed by atoms with Crippen LogP contribution in [0.4, 0.5) is 11.6 Å². The molecule has 0 spiro atoms. The number of aryl methyl sites for hydroxylation is 1. The Kier molecular flexibility index (Phi) is 6.14. The minimum Gasteiger partial charge on any atom is -0.476 e. The average Bonchev–Trinajstić information content (AvgIpc) is 3.34. The van der Waals surface area contributed by atoms with Gasteiger partial charge < -0.3 is 16.2 Å². The van der Waals surface area contributed by atoms with Crippen LogP contribution in [0.15, 0.2) is 30.5 Å². The van der Waals surface area contributed by atoms with Gasteiger partial charge in [-0.15, -0.1) is 11.3 Å². The lowest BCUT2D eigenvalue weighted by molar-refractivity contribution is 0.0690. The van der Waals surface area contributed by atoms with Gasteiger partial charge >= 0.3 is 5.97 Å². The molecule has 0 radical (unpaired) electrons. The highest BCUT2D eigenvalue weighted by molar-refractivity contribution is 7.12. The molecule has 0 unspecified atom stereocenters. The lowest BCUT2D eigenvalue weighted by atomic mass is 10.1. The van der Waals surface area contributed by atoms with Gasteiger partial charge in [0.05, 0.1) is 21.9 Å². The minimum atomic E-state index is -1.14. The van der Waals surface area contributed by atoms with Crippen molar-refractivity contribution in [3.8, 4) is 17.3 Å². The van der Waals surface area contributed by atoms with E-state index in [0.717, 1.165) is 5.01 Å². The molecular formula is C20H15Cl2N7O2S. The van der Waals surface area contributed by atoms with Gasteiger partial charge in [-0.1, -0.05) is 23.2 Å². The summed E-state index contributed by atoms with van der Waals surface area (Å²) in [7, 11) is 0. The summed E-state index contributed by atoms with van der Waals surface area (Å²) in [4.78, 5) is 20.7. The van der Waals surface area contributed by atoms with Crippen LogP contribution in [0.3, 0.4) is 0 Å². The Hall–Kier alpha value is -3.39. The Bertz CT molecular complexity index is 1380. The molecule has 0 saturated heterocycles. The third-order valence-corrected chi connectivity index (χ3v) is 6.12. The molecule has 12 heteroatoms. The van der Waals surface area contributed by atoms with Gasteiger partial charge in [0.15, 0.2) is 17.3 Å². The van der Waals surface area contributed by atoms with E-state index < -0.39 is 5.97 Å². The predicted octanol–water partition coefficient (Wildman–Crippen LogP) is 4.36. The Morgan fingerprint density at radius 3 is 2.81 bits per heavy atom. The van der Waals surface area contributed by atoms with Gasteiger partial charge in [0.1, 0.15) is 16.5 Å². The number of nitrogens with zero attached hydrogens (tertiary/aromatic N) is 5. The van der Waals surface area contributed by atoms with Gasteiger partial charge in [-0.05, 0) is 24.6 Å². The first kappa shape index (κ1) is 21.8. The first-order valence-corrected chi connectivity index (χ1v) is 10.9. The number of rotatable bonds is 7. The number of carbonyl (C=O) groups is 1. The molecule has 4 rings (SSSR count). The summed E-state index contributed by atoms with van der Waals surface area (Å²) in [5, 5.41) is 27.4. The molecule has 0 aliphatic carbocycles. The first-order valence-electron chi connectivity index (χ1n) is 9.34. The third kappa shape index (κ3) is 4.45. The molecule has 32 heavy (non-hydrogen) atoms. The number of fused-ring (bicyclic) bond motifs is 1. The van der Waals surface area contributed by atoms with E-state index in [9.17, 15) is 9.90 Å². The van der Waals surface area contributed by atoms with Gasteiger partial charge in [0.2, 0.25) is 0 Å². The predicted molar refractivity (Wildman–Crippen MR) is 123 cm³/mol. The van der Waals surface area contributed by atoms with Gasteiger partial charge in [0, 0.05) is 29.6 Å². The van der Waals surface area contributed by atoms with E-state index in [0.29, 0.717) is 56.9 Å². The van der Waals surface area contributed by atoms with Crippen molar-refractivity contribution in [2.75, 3.05) is 17.6 Å². The highest BCUT2D eigenvalue weighted by Gasteiger charge is 2.16. The zero-order valence-corrected chi connectivity index (χ0v) is 18.7. The second-order valence-electron chi connectivity index (χ2n) is 6.73. The number of thiazole rings is 1. The van der Waals surface area contributed by atoms with Crippen LogP contribution >= 0.6 is 34.5 Å². The topological polar surface area (TPSA) is 142 Å². The maximum Gasteiger partial charge on any atom is 0.356 e. The van der Waals surface area contributed by atoms with Gasteiger partial charge in [-0.3, -0.25) is 0 Å². The Morgan fingerprint density at radius 2 is 2.12 bits per heavy atom. The third-order valence-electron chi connectivity index (χ3n) is 4.54. The molecule has 0 atom stereocenters. The fraction of sp³-hybridized carbons (Fsp3) is 0.150. The Morgan fingerprint density at radius 1 is 1.31 bits per heavy atom. The fourth-order valence-electron chi connectivity index (χ4n) is 3.07. The normalized spacial score (nSPS) is 10.9. The summed E-state index contributed by atoms with van der Waals surface area (Å²) in [6.45, 7) is 0.523. The minimum absolute atomic E-state index is 0.100. The van der Waals surface area contributed by atoms with Crippen LogP contribution in [0.2, 0.25) is 10.0 Å². The SMILES string of the molecule is N#Cc1sc(CCCNc2nc(-c3ccc(Cl)cc3Cl)cn3nc(C(=O)O)cc23)nc1N. The van der Waals surface area contributed by atoms with E-state index in [-0.39, 0.29) is 11.5 Å². The summed E-state index contributed by atoms with van der Waals surface area (Å²) < 4.78 is 1.46. The highest BCUT2D eigenvalue weighted by atomic mass is 35.5. The number of hydrogen-bond acceptors (Lipinski definition) is 8. The second kappa shape index (κ2) is 9.00.